The molecule has 0 radical (unpaired) electrons. The summed E-state index contributed by atoms with van der Waals surface area (Å²) in [6, 6.07) is 9.32. The topological polar surface area (TPSA) is 49.4 Å². The average Bonchev–Trinajstić information content (AvgIpc) is 3.07. The van der Waals surface area contributed by atoms with Crippen molar-refractivity contribution in [2.45, 2.75) is 33.6 Å². The van der Waals surface area contributed by atoms with Crippen LogP contribution in [-0.2, 0) is 0 Å². The monoisotopic (exact) mass is 370 g/mol. The lowest BCUT2D eigenvalue weighted by Crippen LogP contribution is -2.32. The van der Waals surface area contributed by atoms with E-state index in [1.165, 1.54) is 16.9 Å². The van der Waals surface area contributed by atoms with Crippen LogP contribution in [0.2, 0.25) is 0 Å². The van der Waals surface area contributed by atoms with Gasteiger partial charge in [0.25, 0.3) is 11.8 Å². The second-order valence-corrected chi connectivity index (χ2v) is 7.59. The normalized spacial score (nSPS) is 10.7. The number of benzene rings is 1. The summed E-state index contributed by atoms with van der Waals surface area (Å²) in [4.78, 5) is 27.0. The molecule has 0 aliphatic heterocycles. The van der Waals surface area contributed by atoms with E-state index in [2.05, 4.69) is 25.7 Å². The number of carbonyl (C=O) groups excluding carboxylic acids is 2. The van der Waals surface area contributed by atoms with Gasteiger partial charge >= 0.3 is 0 Å². The van der Waals surface area contributed by atoms with Crippen LogP contribution in [0.25, 0.3) is 0 Å². The highest BCUT2D eigenvalue weighted by atomic mass is 32.1. The van der Waals surface area contributed by atoms with Crippen molar-refractivity contribution < 1.29 is 9.59 Å². The quantitative estimate of drug-likeness (QED) is 0.684. The zero-order valence-electron chi connectivity index (χ0n) is 15.8. The maximum Gasteiger partial charge on any atom is 0.257 e. The molecule has 0 bridgehead atoms. The number of anilines is 1. The fourth-order valence-corrected chi connectivity index (χ4v) is 3.37. The molecule has 4 nitrogen and oxygen atoms in total. The smallest absolute Gasteiger partial charge is 0.257 e. The number of rotatable bonds is 7. The third kappa shape index (κ3) is 4.82. The second kappa shape index (κ2) is 8.81. The second-order valence-electron chi connectivity index (χ2n) is 6.67. The van der Waals surface area contributed by atoms with Crippen molar-refractivity contribution in [2.24, 2.45) is 0 Å². The average molecular weight is 371 g/mol. The highest BCUT2D eigenvalue weighted by Gasteiger charge is 2.20. The van der Waals surface area contributed by atoms with Crippen molar-refractivity contribution >= 4 is 28.2 Å². The van der Waals surface area contributed by atoms with Crippen molar-refractivity contribution in [1.29, 1.82) is 0 Å². The van der Waals surface area contributed by atoms with Crippen molar-refractivity contribution in [3.05, 3.63) is 64.6 Å². The first-order valence-corrected chi connectivity index (χ1v) is 9.63. The third-order valence-electron chi connectivity index (χ3n) is 4.09. The number of nitrogens with zero attached hydrogens (tertiary/aromatic N) is 1. The van der Waals surface area contributed by atoms with Gasteiger partial charge in [-0.25, -0.2) is 0 Å². The summed E-state index contributed by atoms with van der Waals surface area (Å²) in [6.07, 6.45) is 0. The predicted molar refractivity (Wildman–Crippen MR) is 109 cm³/mol. The third-order valence-corrected chi connectivity index (χ3v) is 4.92. The van der Waals surface area contributed by atoms with Crippen LogP contribution >= 0.6 is 11.3 Å². The molecule has 0 saturated heterocycles. The molecule has 1 aromatic carbocycles. The van der Waals surface area contributed by atoms with Gasteiger partial charge in [-0.1, -0.05) is 38.1 Å². The van der Waals surface area contributed by atoms with Crippen LogP contribution in [0, 0.1) is 0 Å². The Labute approximate surface area is 159 Å². The van der Waals surface area contributed by atoms with Gasteiger partial charge in [-0.3, -0.25) is 9.59 Å². The lowest BCUT2D eigenvalue weighted by molar-refractivity contribution is 0.0780. The summed E-state index contributed by atoms with van der Waals surface area (Å²) in [7, 11) is 0. The molecule has 0 unspecified atom stereocenters. The molecule has 26 heavy (non-hydrogen) atoms. The van der Waals surface area contributed by atoms with Crippen LogP contribution in [0.4, 0.5) is 5.00 Å². The minimum Gasteiger partial charge on any atom is -0.335 e. The number of hydrogen-bond donors (Lipinski definition) is 1. The van der Waals surface area contributed by atoms with Gasteiger partial charge in [-0.15, -0.1) is 11.3 Å². The first kappa shape index (κ1) is 19.9. The van der Waals surface area contributed by atoms with Crippen molar-refractivity contribution in [2.75, 3.05) is 18.4 Å². The largest absolute Gasteiger partial charge is 0.335 e. The molecule has 138 valence electrons. The SMILES string of the molecule is C=C(C)CN(CC)C(=O)c1ccsc1NC(=O)c1ccc(C(C)C)cc1. The fraction of sp³-hybridized carbons (Fsp3) is 0.333. The van der Waals surface area contributed by atoms with E-state index in [-0.39, 0.29) is 11.8 Å². The highest BCUT2D eigenvalue weighted by molar-refractivity contribution is 7.14. The number of nitrogens with one attached hydrogen (secondary N) is 1. The van der Waals surface area contributed by atoms with Crippen LogP contribution in [0.3, 0.4) is 0 Å². The van der Waals surface area contributed by atoms with Crippen LogP contribution in [0.1, 0.15) is 59.9 Å². The highest BCUT2D eigenvalue weighted by Crippen LogP contribution is 2.26. The maximum atomic E-state index is 12.8. The Morgan fingerprint density at radius 3 is 2.38 bits per heavy atom. The van der Waals surface area contributed by atoms with Gasteiger partial charge in [0.15, 0.2) is 0 Å². The van der Waals surface area contributed by atoms with Gasteiger partial charge in [0.2, 0.25) is 0 Å². The molecule has 2 aromatic rings. The molecule has 0 aliphatic carbocycles. The molecule has 2 rings (SSSR count). The van der Waals surface area contributed by atoms with Crippen LogP contribution in [0.15, 0.2) is 47.9 Å². The first-order valence-electron chi connectivity index (χ1n) is 8.76. The lowest BCUT2D eigenvalue weighted by atomic mass is 10.0. The van der Waals surface area contributed by atoms with E-state index >= 15 is 0 Å². The minimum atomic E-state index is -0.209. The minimum absolute atomic E-state index is 0.0952. The fourth-order valence-electron chi connectivity index (χ4n) is 2.59. The predicted octanol–water partition coefficient (Wildman–Crippen LogP) is 5.16. The molecular formula is C21H26N2O2S. The summed E-state index contributed by atoms with van der Waals surface area (Å²) in [6.45, 7) is 13.0. The van der Waals surface area contributed by atoms with Crippen molar-refractivity contribution in [3.63, 3.8) is 0 Å². The van der Waals surface area contributed by atoms with Gasteiger partial charge in [0.05, 0.1) is 5.56 Å². The van der Waals surface area contributed by atoms with E-state index in [1.807, 2.05) is 43.5 Å². The number of likely N-dealkylation sites (N-methyl/N-ethyl adjacent to an activating group) is 1. The maximum absolute atomic E-state index is 12.8. The standard InChI is InChI=1S/C21H26N2O2S/c1-6-23(13-14(2)3)21(25)18-11-12-26-20(18)22-19(24)17-9-7-16(8-10-17)15(4)5/h7-12,15H,2,6,13H2,1,3-5H3,(H,22,24). The number of carbonyl (C=O) groups is 2. The molecule has 0 fully saturated rings. The van der Waals surface area contributed by atoms with Crippen LogP contribution < -0.4 is 5.32 Å². The van der Waals surface area contributed by atoms with E-state index < -0.39 is 0 Å². The Kier molecular flexibility index (Phi) is 6.75. The molecule has 1 N–H and O–H groups in total. The summed E-state index contributed by atoms with van der Waals surface area (Å²) >= 11 is 1.35. The summed E-state index contributed by atoms with van der Waals surface area (Å²) in [5.74, 6) is 0.115. The summed E-state index contributed by atoms with van der Waals surface area (Å²) < 4.78 is 0. The zero-order chi connectivity index (χ0) is 19.3. The molecular weight excluding hydrogens is 344 g/mol. The van der Waals surface area contributed by atoms with E-state index in [9.17, 15) is 9.59 Å². The molecule has 0 spiro atoms. The summed E-state index contributed by atoms with van der Waals surface area (Å²) in [5, 5.41) is 5.27. The molecule has 0 aliphatic rings. The van der Waals surface area contributed by atoms with Crippen molar-refractivity contribution in [1.82, 2.24) is 4.90 Å². The van der Waals surface area contributed by atoms with Crippen LogP contribution in [0.5, 0.6) is 0 Å². The zero-order valence-corrected chi connectivity index (χ0v) is 16.7. The first-order chi connectivity index (χ1) is 12.3. The van der Waals surface area contributed by atoms with Gasteiger partial charge < -0.3 is 10.2 Å². The lowest BCUT2D eigenvalue weighted by Gasteiger charge is -2.21. The van der Waals surface area contributed by atoms with Gasteiger partial charge in [0, 0.05) is 18.7 Å². The number of hydrogen-bond acceptors (Lipinski definition) is 3. The van der Waals surface area contributed by atoms with Crippen molar-refractivity contribution in [3.8, 4) is 0 Å². The van der Waals surface area contributed by atoms with E-state index in [4.69, 9.17) is 0 Å². The van der Waals surface area contributed by atoms with Gasteiger partial charge in [-0.05, 0) is 48.9 Å². The number of amides is 2. The van der Waals surface area contributed by atoms with E-state index in [0.717, 1.165) is 5.57 Å². The Hall–Kier alpha value is -2.40. The van der Waals surface area contributed by atoms with E-state index in [0.29, 0.717) is 35.1 Å². The molecule has 1 aromatic heterocycles. The summed E-state index contributed by atoms with van der Waals surface area (Å²) in [5.41, 5.74) is 3.21. The molecule has 0 saturated carbocycles. The number of thiophene rings is 1. The Bertz CT molecular complexity index is 791. The Morgan fingerprint density at radius 2 is 1.85 bits per heavy atom. The molecule has 1 heterocycles. The Morgan fingerprint density at radius 1 is 1.19 bits per heavy atom. The molecule has 5 heteroatoms. The van der Waals surface area contributed by atoms with E-state index in [1.54, 1.807) is 11.0 Å². The van der Waals surface area contributed by atoms with Gasteiger partial charge in [0.1, 0.15) is 5.00 Å². The Balaban J connectivity index is 2.16. The molecule has 2 amide bonds. The van der Waals surface area contributed by atoms with Gasteiger partial charge in [-0.2, -0.15) is 0 Å². The van der Waals surface area contributed by atoms with Crippen LogP contribution in [-0.4, -0.2) is 29.8 Å². The molecule has 0 atom stereocenters.